The Bertz CT molecular complexity index is 882. The maximum Gasteiger partial charge on any atom is 0.243 e. The molecule has 2 amide bonds. The van der Waals surface area contributed by atoms with Crippen LogP contribution < -0.4 is 5.32 Å². The van der Waals surface area contributed by atoms with Gasteiger partial charge in [0.15, 0.2) is 0 Å². The van der Waals surface area contributed by atoms with Gasteiger partial charge in [-0.2, -0.15) is 0 Å². The van der Waals surface area contributed by atoms with Gasteiger partial charge in [0.25, 0.3) is 0 Å². The highest BCUT2D eigenvalue weighted by Gasteiger charge is 2.49. The number of hydrogen-bond acceptors (Lipinski definition) is 2. The SMILES string of the molecule is CC(C)CC1C(=O)NC(c2ccccc2)CN1C(=O)C1CC1c1ccc(Cl)cc1. The minimum atomic E-state index is -0.395. The molecule has 0 aromatic heterocycles. The van der Waals surface area contributed by atoms with E-state index < -0.39 is 6.04 Å². The van der Waals surface area contributed by atoms with Crippen molar-refractivity contribution in [1.82, 2.24) is 10.2 Å². The first-order valence-corrected chi connectivity index (χ1v) is 10.7. The second kappa shape index (κ2) is 8.19. The minimum Gasteiger partial charge on any atom is -0.346 e. The Kier molecular flexibility index (Phi) is 5.64. The van der Waals surface area contributed by atoms with Crippen LogP contribution in [0.3, 0.4) is 0 Å². The van der Waals surface area contributed by atoms with Crippen molar-refractivity contribution in [3.05, 3.63) is 70.7 Å². The molecule has 4 atom stereocenters. The first-order chi connectivity index (χ1) is 13.9. The molecule has 29 heavy (non-hydrogen) atoms. The highest BCUT2D eigenvalue weighted by molar-refractivity contribution is 6.30. The summed E-state index contributed by atoms with van der Waals surface area (Å²) in [6, 6.07) is 17.1. The third kappa shape index (κ3) is 4.32. The average molecular weight is 411 g/mol. The van der Waals surface area contributed by atoms with Crippen molar-refractivity contribution < 1.29 is 9.59 Å². The first kappa shape index (κ1) is 20.0. The Hall–Kier alpha value is -2.33. The van der Waals surface area contributed by atoms with E-state index in [1.807, 2.05) is 59.5 Å². The number of carbonyl (C=O) groups is 2. The summed E-state index contributed by atoms with van der Waals surface area (Å²) >= 11 is 6.00. The largest absolute Gasteiger partial charge is 0.346 e. The van der Waals surface area contributed by atoms with Crippen molar-refractivity contribution in [2.75, 3.05) is 6.54 Å². The second-order valence-corrected chi connectivity index (χ2v) is 9.04. The molecule has 2 aromatic rings. The Labute approximate surface area is 177 Å². The van der Waals surface area contributed by atoms with Crippen LogP contribution >= 0.6 is 11.6 Å². The van der Waals surface area contributed by atoms with Gasteiger partial charge < -0.3 is 10.2 Å². The maximum atomic E-state index is 13.4. The van der Waals surface area contributed by atoms with Crippen molar-refractivity contribution >= 4 is 23.4 Å². The van der Waals surface area contributed by atoms with Crippen molar-refractivity contribution in [2.45, 2.75) is 44.7 Å². The van der Waals surface area contributed by atoms with Gasteiger partial charge >= 0.3 is 0 Å². The standard InChI is InChI=1S/C24H27ClN2O2/c1-15(2)12-22-23(28)26-21(17-6-4-3-5-7-17)14-27(22)24(29)20-13-19(20)16-8-10-18(25)11-9-16/h3-11,15,19-22H,12-14H2,1-2H3,(H,26,28). The smallest absolute Gasteiger partial charge is 0.243 e. The fourth-order valence-electron chi connectivity index (χ4n) is 4.34. The van der Waals surface area contributed by atoms with Crippen molar-refractivity contribution in [2.24, 2.45) is 11.8 Å². The fraction of sp³-hybridized carbons (Fsp3) is 0.417. The Morgan fingerprint density at radius 1 is 1.10 bits per heavy atom. The Morgan fingerprint density at radius 3 is 2.45 bits per heavy atom. The van der Waals surface area contributed by atoms with Crippen LogP contribution in [0.2, 0.25) is 5.02 Å². The zero-order chi connectivity index (χ0) is 20.5. The molecule has 1 saturated heterocycles. The van der Waals surface area contributed by atoms with Crippen LogP contribution in [0.4, 0.5) is 0 Å². The predicted molar refractivity (Wildman–Crippen MR) is 115 cm³/mol. The summed E-state index contributed by atoms with van der Waals surface area (Å²) in [5.74, 6) is 0.565. The van der Waals surface area contributed by atoms with Crippen LogP contribution in [-0.4, -0.2) is 29.3 Å². The number of rotatable bonds is 5. The maximum absolute atomic E-state index is 13.4. The van der Waals surface area contributed by atoms with Gasteiger partial charge in [-0.1, -0.05) is 67.9 Å². The van der Waals surface area contributed by atoms with Crippen LogP contribution in [0.15, 0.2) is 54.6 Å². The van der Waals surface area contributed by atoms with Crippen LogP contribution in [0.5, 0.6) is 0 Å². The number of carbonyl (C=O) groups excluding carboxylic acids is 2. The zero-order valence-corrected chi connectivity index (χ0v) is 17.6. The van der Waals surface area contributed by atoms with Gasteiger partial charge in [-0.15, -0.1) is 0 Å². The number of nitrogens with zero attached hydrogens (tertiary/aromatic N) is 1. The summed E-state index contributed by atoms with van der Waals surface area (Å²) in [7, 11) is 0. The van der Waals surface area contributed by atoms with Crippen LogP contribution in [0.25, 0.3) is 0 Å². The lowest BCUT2D eigenvalue weighted by molar-refractivity contribution is -0.146. The van der Waals surface area contributed by atoms with E-state index in [-0.39, 0.29) is 29.7 Å². The number of nitrogens with one attached hydrogen (secondary N) is 1. The molecule has 0 bridgehead atoms. The van der Waals surface area contributed by atoms with E-state index >= 15 is 0 Å². The number of halogens is 1. The zero-order valence-electron chi connectivity index (χ0n) is 16.8. The van der Waals surface area contributed by atoms with Crippen molar-refractivity contribution in [1.29, 1.82) is 0 Å². The molecule has 1 heterocycles. The van der Waals surface area contributed by atoms with Gasteiger partial charge in [0.2, 0.25) is 11.8 Å². The van der Waals surface area contributed by atoms with Gasteiger partial charge in [-0.05, 0) is 47.9 Å². The molecule has 1 aliphatic heterocycles. The van der Waals surface area contributed by atoms with Gasteiger partial charge in [-0.3, -0.25) is 9.59 Å². The molecular weight excluding hydrogens is 384 g/mol. The van der Waals surface area contributed by atoms with Crippen molar-refractivity contribution in [3.8, 4) is 0 Å². The number of amides is 2. The summed E-state index contributed by atoms with van der Waals surface area (Å²) in [6.07, 6.45) is 1.51. The van der Waals surface area contributed by atoms with E-state index in [1.54, 1.807) is 0 Å². The second-order valence-electron chi connectivity index (χ2n) is 8.61. The summed E-state index contributed by atoms with van der Waals surface area (Å²) in [6.45, 7) is 4.70. The summed E-state index contributed by atoms with van der Waals surface area (Å²) in [5, 5.41) is 3.84. The molecule has 1 saturated carbocycles. The van der Waals surface area contributed by atoms with Gasteiger partial charge in [0.1, 0.15) is 6.04 Å². The number of hydrogen-bond donors (Lipinski definition) is 1. The highest BCUT2D eigenvalue weighted by Crippen LogP contribution is 2.49. The normalized spacial score (nSPS) is 26.3. The minimum absolute atomic E-state index is 0.0455. The van der Waals surface area contributed by atoms with Gasteiger partial charge in [0.05, 0.1) is 6.04 Å². The topological polar surface area (TPSA) is 49.4 Å². The van der Waals surface area contributed by atoms with E-state index in [1.165, 1.54) is 0 Å². The quantitative estimate of drug-likeness (QED) is 0.785. The molecule has 4 nitrogen and oxygen atoms in total. The molecule has 0 spiro atoms. The molecule has 4 unspecified atom stereocenters. The first-order valence-electron chi connectivity index (χ1n) is 10.3. The van der Waals surface area contributed by atoms with E-state index in [4.69, 9.17) is 11.6 Å². The molecule has 4 rings (SSSR count). The molecular formula is C24H27ClN2O2. The molecule has 1 N–H and O–H groups in total. The van der Waals surface area contributed by atoms with E-state index in [0.29, 0.717) is 23.9 Å². The van der Waals surface area contributed by atoms with Crippen LogP contribution in [0, 0.1) is 11.8 Å². The molecule has 152 valence electrons. The van der Waals surface area contributed by atoms with Crippen LogP contribution in [-0.2, 0) is 9.59 Å². The number of piperazine rings is 1. The monoisotopic (exact) mass is 410 g/mol. The molecule has 0 radical (unpaired) electrons. The van der Waals surface area contributed by atoms with Crippen LogP contribution in [0.1, 0.15) is 49.8 Å². The lowest BCUT2D eigenvalue weighted by Gasteiger charge is -2.40. The van der Waals surface area contributed by atoms with E-state index in [2.05, 4.69) is 19.2 Å². The van der Waals surface area contributed by atoms with Gasteiger partial charge in [0, 0.05) is 17.5 Å². The molecule has 5 heteroatoms. The Balaban J connectivity index is 1.54. The summed E-state index contributed by atoms with van der Waals surface area (Å²) in [5.41, 5.74) is 2.18. The van der Waals surface area contributed by atoms with E-state index in [9.17, 15) is 9.59 Å². The predicted octanol–water partition coefficient (Wildman–Crippen LogP) is 4.56. The summed E-state index contributed by atoms with van der Waals surface area (Å²) in [4.78, 5) is 28.2. The molecule has 2 aromatic carbocycles. The Morgan fingerprint density at radius 2 is 1.79 bits per heavy atom. The number of benzene rings is 2. The third-order valence-corrected chi connectivity index (χ3v) is 6.21. The molecule has 2 fully saturated rings. The fourth-order valence-corrected chi connectivity index (χ4v) is 4.46. The van der Waals surface area contributed by atoms with E-state index in [0.717, 1.165) is 17.5 Å². The third-order valence-electron chi connectivity index (χ3n) is 5.96. The lowest BCUT2D eigenvalue weighted by atomic mass is 9.95. The van der Waals surface area contributed by atoms with Crippen molar-refractivity contribution in [3.63, 3.8) is 0 Å². The average Bonchev–Trinajstić information content (AvgIpc) is 3.50. The van der Waals surface area contributed by atoms with Gasteiger partial charge in [-0.25, -0.2) is 0 Å². The lowest BCUT2D eigenvalue weighted by Crippen LogP contribution is -2.59. The summed E-state index contributed by atoms with van der Waals surface area (Å²) < 4.78 is 0. The highest BCUT2D eigenvalue weighted by atomic mass is 35.5. The molecule has 2 aliphatic rings. The molecule has 1 aliphatic carbocycles.